The first-order chi connectivity index (χ1) is 33.0. The summed E-state index contributed by atoms with van der Waals surface area (Å²) >= 11 is 0. The quantitative estimate of drug-likeness (QED) is 0.0262. The first kappa shape index (κ1) is 63.8. The van der Waals surface area contributed by atoms with Gasteiger partial charge < -0.3 is 14.2 Å². The Labute approximate surface area is 414 Å². The van der Waals surface area contributed by atoms with Gasteiger partial charge in [-0.3, -0.25) is 14.4 Å². The van der Waals surface area contributed by atoms with Crippen LogP contribution in [0.4, 0.5) is 0 Å². The molecule has 0 aliphatic heterocycles. The number of esters is 3. The molecule has 0 unspecified atom stereocenters. The summed E-state index contributed by atoms with van der Waals surface area (Å²) in [4.78, 5) is 38.1. The molecule has 67 heavy (non-hydrogen) atoms. The molecule has 0 fully saturated rings. The van der Waals surface area contributed by atoms with E-state index in [2.05, 4.69) is 93.7 Å². The van der Waals surface area contributed by atoms with Gasteiger partial charge in [0.1, 0.15) is 13.2 Å². The fraction of sp³-hybridized carbons (Fsp3) is 0.754. The van der Waals surface area contributed by atoms with Gasteiger partial charge in [-0.2, -0.15) is 0 Å². The van der Waals surface area contributed by atoms with E-state index in [-0.39, 0.29) is 37.5 Å². The van der Waals surface area contributed by atoms with Crippen molar-refractivity contribution in [1.29, 1.82) is 0 Å². The fourth-order valence-corrected chi connectivity index (χ4v) is 7.88. The second-order valence-electron chi connectivity index (χ2n) is 18.8. The van der Waals surface area contributed by atoms with Crippen molar-refractivity contribution in [1.82, 2.24) is 0 Å². The number of unbranched alkanes of at least 4 members (excludes halogenated alkanes) is 28. The van der Waals surface area contributed by atoms with Gasteiger partial charge in [-0.15, -0.1) is 0 Å². The average molecular weight is 936 g/mol. The summed E-state index contributed by atoms with van der Waals surface area (Å²) in [5.41, 5.74) is 0. The smallest absolute Gasteiger partial charge is 0.306 e. The predicted molar refractivity (Wildman–Crippen MR) is 288 cm³/mol. The van der Waals surface area contributed by atoms with Crippen LogP contribution in [0.25, 0.3) is 0 Å². The zero-order valence-electron chi connectivity index (χ0n) is 44.2. The molecular weight excluding hydrogens is 829 g/mol. The summed E-state index contributed by atoms with van der Waals surface area (Å²) in [6.07, 6.45) is 70.4. The van der Waals surface area contributed by atoms with Crippen LogP contribution in [0.1, 0.15) is 278 Å². The molecule has 6 nitrogen and oxygen atoms in total. The zero-order chi connectivity index (χ0) is 48.6. The highest BCUT2D eigenvalue weighted by molar-refractivity contribution is 5.71. The molecule has 0 saturated heterocycles. The standard InChI is InChI=1S/C61H106O6/c1-4-7-10-13-16-19-22-25-28-30-33-36-39-42-45-48-51-54-60(63)66-57-58(56-65-59(62)53-50-47-44-41-38-35-32-27-24-21-18-15-12-9-6-3)67-61(64)55-52-49-46-43-40-37-34-31-29-26-23-20-17-14-11-8-5-2/h18,21,25,27-28,32-33,36,38,41-42,45,58H,4-17,19-20,22-24,26,29-31,34-35,37,39-40,43-44,46-57H2,1-3H3/b21-18-,28-25-,32-27-,36-33-,41-38-,45-42-/t58-/m1/s1. The van der Waals surface area contributed by atoms with E-state index in [1.165, 1.54) is 161 Å². The lowest BCUT2D eigenvalue weighted by molar-refractivity contribution is -0.167. The van der Waals surface area contributed by atoms with Crippen LogP contribution in [0.15, 0.2) is 72.9 Å². The third-order valence-corrected chi connectivity index (χ3v) is 12.2. The van der Waals surface area contributed by atoms with Crippen LogP contribution in [-0.2, 0) is 28.6 Å². The Hall–Kier alpha value is -3.15. The van der Waals surface area contributed by atoms with E-state index in [1.54, 1.807) is 0 Å². The molecule has 0 aliphatic rings. The molecule has 0 rings (SSSR count). The molecule has 0 aromatic heterocycles. The summed E-state index contributed by atoms with van der Waals surface area (Å²) in [5, 5.41) is 0. The van der Waals surface area contributed by atoms with E-state index in [1.807, 2.05) is 0 Å². The normalized spacial score (nSPS) is 12.6. The summed E-state index contributed by atoms with van der Waals surface area (Å²) < 4.78 is 16.8. The van der Waals surface area contributed by atoms with E-state index in [0.717, 1.165) is 70.6 Å². The van der Waals surface area contributed by atoms with Crippen LogP contribution in [0.2, 0.25) is 0 Å². The molecule has 0 aromatic carbocycles. The van der Waals surface area contributed by atoms with Gasteiger partial charge in [0, 0.05) is 19.3 Å². The fourth-order valence-electron chi connectivity index (χ4n) is 7.88. The van der Waals surface area contributed by atoms with Crippen LogP contribution in [0.3, 0.4) is 0 Å². The molecule has 386 valence electrons. The van der Waals surface area contributed by atoms with E-state index in [4.69, 9.17) is 14.2 Å². The Balaban J connectivity index is 4.49. The van der Waals surface area contributed by atoms with Crippen molar-refractivity contribution in [2.75, 3.05) is 13.2 Å². The molecule has 6 heteroatoms. The van der Waals surface area contributed by atoms with Crippen molar-refractivity contribution in [3.63, 3.8) is 0 Å². The summed E-state index contributed by atoms with van der Waals surface area (Å²) in [6.45, 7) is 6.55. The van der Waals surface area contributed by atoms with E-state index >= 15 is 0 Å². The van der Waals surface area contributed by atoms with Crippen molar-refractivity contribution in [2.24, 2.45) is 0 Å². The number of allylic oxidation sites excluding steroid dienone is 12. The maximum atomic E-state index is 12.8. The minimum atomic E-state index is -0.809. The molecule has 0 aromatic rings. The summed E-state index contributed by atoms with van der Waals surface area (Å²) in [7, 11) is 0. The topological polar surface area (TPSA) is 78.9 Å². The maximum absolute atomic E-state index is 12.8. The van der Waals surface area contributed by atoms with Crippen LogP contribution in [-0.4, -0.2) is 37.2 Å². The van der Waals surface area contributed by atoms with Gasteiger partial charge in [-0.05, 0) is 89.9 Å². The highest BCUT2D eigenvalue weighted by Gasteiger charge is 2.19. The Morgan fingerprint density at radius 1 is 0.299 bits per heavy atom. The highest BCUT2D eigenvalue weighted by atomic mass is 16.6. The second kappa shape index (κ2) is 55.4. The Bertz CT molecular complexity index is 1260. The molecule has 0 amide bonds. The maximum Gasteiger partial charge on any atom is 0.306 e. The molecular formula is C61H106O6. The first-order valence-corrected chi connectivity index (χ1v) is 28.4. The second-order valence-corrected chi connectivity index (χ2v) is 18.8. The number of ether oxygens (including phenoxy) is 3. The third kappa shape index (κ3) is 53.7. The van der Waals surface area contributed by atoms with Gasteiger partial charge in [-0.25, -0.2) is 0 Å². The van der Waals surface area contributed by atoms with Gasteiger partial charge >= 0.3 is 17.9 Å². The Morgan fingerprint density at radius 2 is 0.552 bits per heavy atom. The van der Waals surface area contributed by atoms with Gasteiger partial charge in [-0.1, -0.05) is 241 Å². The lowest BCUT2D eigenvalue weighted by Crippen LogP contribution is -2.30. The monoisotopic (exact) mass is 935 g/mol. The molecule has 0 heterocycles. The van der Waals surface area contributed by atoms with Crippen molar-refractivity contribution in [3.8, 4) is 0 Å². The number of carbonyl (C=O) groups excluding carboxylic acids is 3. The largest absolute Gasteiger partial charge is 0.462 e. The number of hydrogen-bond acceptors (Lipinski definition) is 6. The van der Waals surface area contributed by atoms with Crippen LogP contribution >= 0.6 is 0 Å². The molecule has 0 bridgehead atoms. The zero-order valence-corrected chi connectivity index (χ0v) is 44.2. The van der Waals surface area contributed by atoms with Crippen molar-refractivity contribution < 1.29 is 28.6 Å². The van der Waals surface area contributed by atoms with E-state index in [0.29, 0.717) is 19.3 Å². The van der Waals surface area contributed by atoms with Crippen LogP contribution in [0, 0.1) is 0 Å². The van der Waals surface area contributed by atoms with E-state index < -0.39 is 6.10 Å². The molecule has 0 radical (unpaired) electrons. The van der Waals surface area contributed by atoms with E-state index in [9.17, 15) is 14.4 Å². The van der Waals surface area contributed by atoms with Gasteiger partial charge in [0.25, 0.3) is 0 Å². The predicted octanol–water partition coefficient (Wildman–Crippen LogP) is 19.0. The Kier molecular flexibility index (Phi) is 52.8. The number of rotatable bonds is 51. The summed E-state index contributed by atoms with van der Waals surface area (Å²) in [6, 6.07) is 0. The third-order valence-electron chi connectivity index (χ3n) is 12.2. The van der Waals surface area contributed by atoms with Gasteiger partial charge in [0.2, 0.25) is 0 Å². The molecule has 1 atom stereocenters. The molecule has 0 N–H and O–H groups in total. The summed E-state index contributed by atoms with van der Waals surface area (Å²) in [5.74, 6) is -0.987. The van der Waals surface area contributed by atoms with Crippen LogP contribution < -0.4 is 0 Å². The number of hydrogen-bond donors (Lipinski definition) is 0. The highest BCUT2D eigenvalue weighted by Crippen LogP contribution is 2.15. The molecule has 0 spiro atoms. The van der Waals surface area contributed by atoms with Crippen molar-refractivity contribution in [3.05, 3.63) is 72.9 Å². The minimum absolute atomic E-state index is 0.109. The molecule has 0 saturated carbocycles. The van der Waals surface area contributed by atoms with Gasteiger partial charge in [0.05, 0.1) is 0 Å². The van der Waals surface area contributed by atoms with Crippen molar-refractivity contribution >= 4 is 17.9 Å². The Morgan fingerprint density at radius 3 is 0.955 bits per heavy atom. The first-order valence-electron chi connectivity index (χ1n) is 28.4. The van der Waals surface area contributed by atoms with Crippen molar-refractivity contribution in [2.45, 2.75) is 284 Å². The lowest BCUT2D eigenvalue weighted by atomic mass is 10.0. The lowest BCUT2D eigenvalue weighted by Gasteiger charge is -2.18. The number of carbonyl (C=O) groups is 3. The molecule has 0 aliphatic carbocycles. The van der Waals surface area contributed by atoms with Gasteiger partial charge in [0.15, 0.2) is 6.10 Å². The minimum Gasteiger partial charge on any atom is -0.462 e. The van der Waals surface area contributed by atoms with Crippen LogP contribution in [0.5, 0.6) is 0 Å². The SMILES string of the molecule is CCCCC/C=C\C/C=C\C/C=C\CCCCC(=O)OC[C@H](COC(=O)CCC/C=C\C/C=C\C/C=C\CCCCCCCC)OC(=O)CCCCCCCCCCCCCCCCCCC. The average Bonchev–Trinajstić information content (AvgIpc) is 3.33.